The van der Waals surface area contributed by atoms with Crippen LogP contribution < -0.4 is 5.73 Å². The Hall–Kier alpha value is -0.0300. The van der Waals surface area contributed by atoms with Crippen molar-refractivity contribution in [3.05, 3.63) is 0 Å². The Kier molecular flexibility index (Phi) is 6.18. The van der Waals surface area contributed by atoms with E-state index in [1.165, 1.54) is 0 Å². The number of aliphatic hydroxyl groups is 3. The predicted octanol–water partition coefficient (Wildman–Crippen LogP) is -2.48. The third-order valence-corrected chi connectivity index (χ3v) is 3.40. The lowest BCUT2D eigenvalue weighted by atomic mass is 10.00. The fourth-order valence-electron chi connectivity index (χ4n) is 1.49. The van der Waals surface area contributed by atoms with Gasteiger partial charge >= 0.3 is 5.97 Å². The van der Waals surface area contributed by atoms with Gasteiger partial charge in [-0.05, 0) is 0 Å². The standard InChI is InChI=1S/C9H17NO6S2/c10-3(2-17)8(14)16-7-6(13)5(12)4(1-11)15-9(7)18/h3-7,9,11-13,17-18H,1-2,10H2/t3-,4+,5+,6-,7+,9-/m0/s1. The topological polar surface area (TPSA) is 122 Å². The minimum Gasteiger partial charge on any atom is -0.455 e. The molecule has 1 aliphatic rings. The number of aliphatic hydroxyl groups excluding tert-OH is 3. The Bertz CT molecular complexity index is 294. The van der Waals surface area contributed by atoms with Gasteiger partial charge in [-0.3, -0.25) is 4.79 Å². The van der Waals surface area contributed by atoms with Crippen molar-refractivity contribution in [3.63, 3.8) is 0 Å². The normalized spacial score (nSPS) is 38.2. The minimum atomic E-state index is -1.41. The van der Waals surface area contributed by atoms with Crippen LogP contribution in [0, 0.1) is 0 Å². The molecule has 0 saturated carbocycles. The molecule has 1 aliphatic heterocycles. The maximum Gasteiger partial charge on any atom is 0.324 e. The first-order chi connectivity index (χ1) is 8.42. The Labute approximate surface area is 115 Å². The molecule has 0 aliphatic carbocycles. The van der Waals surface area contributed by atoms with Crippen LogP contribution in [-0.4, -0.2) is 69.5 Å². The molecule has 5 N–H and O–H groups in total. The zero-order valence-corrected chi connectivity index (χ0v) is 11.2. The van der Waals surface area contributed by atoms with Crippen molar-refractivity contribution in [1.29, 1.82) is 0 Å². The molecule has 0 radical (unpaired) electrons. The van der Waals surface area contributed by atoms with Crippen LogP contribution >= 0.6 is 25.3 Å². The molecule has 106 valence electrons. The third-order valence-electron chi connectivity index (χ3n) is 2.59. The van der Waals surface area contributed by atoms with Crippen LogP contribution in [0.3, 0.4) is 0 Å². The predicted molar refractivity (Wildman–Crippen MR) is 68.5 cm³/mol. The van der Waals surface area contributed by atoms with Crippen molar-refractivity contribution in [2.75, 3.05) is 12.4 Å². The smallest absolute Gasteiger partial charge is 0.324 e. The fraction of sp³-hybridized carbons (Fsp3) is 0.889. The lowest BCUT2D eigenvalue weighted by molar-refractivity contribution is -0.219. The highest BCUT2D eigenvalue weighted by Crippen LogP contribution is 2.25. The molecule has 18 heavy (non-hydrogen) atoms. The summed E-state index contributed by atoms with van der Waals surface area (Å²) in [5.74, 6) is -0.687. The number of carbonyl (C=O) groups is 1. The summed E-state index contributed by atoms with van der Waals surface area (Å²) in [6.07, 6.45) is -4.92. The highest BCUT2D eigenvalue weighted by atomic mass is 32.1. The van der Waals surface area contributed by atoms with Gasteiger partial charge in [-0.25, -0.2) is 0 Å². The molecule has 6 atom stereocenters. The summed E-state index contributed by atoms with van der Waals surface area (Å²) in [6.45, 7) is -0.480. The van der Waals surface area contributed by atoms with E-state index in [1.807, 2.05) is 0 Å². The first-order valence-electron chi connectivity index (χ1n) is 5.29. The van der Waals surface area contributed by atoms with Crippen molar-refractivity contribution in [1.82, 2.24) is 0 Å². The lowest BCUT2D eigenvalue weighted by Crippen LogP contribution is -2.59. The molecule has 0 bridgehead atoms. The zero-order valence-electron chi connectivity index (χ0n) is 9.42. The van der Waals surface area contributed by atoms with Crippen molar-refractivity contribution < 1.29 is 29.6 Å². The number of rotatable bonds is 4. The van der Waals surface area contributed by atoms with Crippen LogP contribution in [0.2, 0.25) is 0 Å². The Morgan fingerprint density at radius 3 is 2.56 bits per heavy atom. The van der Waals surface area contributed by atoms with Gasteiger partial charge in [0.05, 0.1) is 6.61 Å². The number of esters is 1. The second-order valence-corrected chi connectivity index (χ2v) is 4.79. The van der Waals surface area contributed by atoms with Crippen LogP contribution in [0.25, 0.3) is 0 Å². The van der Waals surface area contributed by atoms with Gasteiger partial charge in [0.2, 0.25) is 0 Å². The molecule has 0 unspecified atom stereocenters. The number of nitrogens with two attached hydrogens (primary N) is 1. The van der Waals surface area contributed by atoms with E-state index >= 15 is 0 Å². The Balaban J connectivity index is 2.68. The van der Waals surface area contributed by atoms with Crippen LogP contribution in [0.15, 0.2) is 0 Å². The third kappa shape index (κ3) is 3.50. The van der Waals surface area contributed by atoms with E-state index in [0.717, 1.165) is 0 Å². The van der Waals surface area contributed by atoms with Crippen LogP contribution in [0.5, 0.6) is 0 Å². The summed E-state index contributed by atoms with van der Waals surface area (Å²) >= 11 is 7.84. The molecule has 0 aromatic carbocycles. The first kappa shape index (κ1) is 16.0. The number of carbonyl (C=O) groups excluding carboxylic acids is 1. The monoisotopic (exact) mass is 299 g/mol. The minimum absolute atomic E-state index is 0.0849. The van der Waals surface area contributed by atoms with Gasteiger partial charge in [0.15, 0.2) is 6.10 Å². The zero-order chi connectivity index (χ0) is 13.9. The van der Waals surface area contributed by atoms with E-state index in [9.17, 15) is 15.0 Å². The lowest BCUT2D eigenvalue weighted by Gasteiger charge is -2.40. The number of hydrogen-bond acceptors (Lipinski definition) is 9. The van der Waals surface area contributed by atoms with Crippen LogP contribution in [0.4, 0.5) is 0 Å². The maximum absolute atomic E-state index is 11.5. The number of thiol groups is 2. The molecular formula is C9H17NO6S2. The van der Waals surface area contributed by atoms with Gasteiger partial charge in [-0.2, -0.15) is 12.6 Å². The quantitative estimate of drug-likeness (QED) is 0.251. The van der Waals surface area contributed by atoms with Gasteiger partial charge in [0.25, 0.3) is 0 Å². The summed E-state index contributed by atoms with van der Waals surface area (Å²) in [5, 5.41) is 28.3. The van der Waals surface area contributed by atoms with Gasteiger partial charge in [0, 0.05) is 5.75 Å². The molecule has 0 aromatic heterocycles. The molecule has 9 heteroatoms. The fourth-order valence-corrected chi connectivity index (χ4v) is 2.04. The molecule has 7 nitrogen and oxygen atoms in total. The Morgan fingerprint density at radius 2 is 2.06 bits per heavy atom. The molecule has 0 aromatic rings. The second kappa shape index (κ2) is 6.94. The summed E-state index contributed by atoms with van der Waals surface area (Å²) in [7, 11) is 0. The summed E-state index contributed by atoms with van der Waals surface area (Å²) in [6, 6.07) is -0.936. The summed E-state index contributed by atoms with van der Waals surface area (Å²) < 4.78 is 10.0. The number of hydrogen-bond donors (Lipinski definition) is 6. The highest BCUT2D eigenvalue weighted by Gasteiger charge is 2.45. The summed E-state index contributed by atoms with van der Waals surface area (Å²) in [5.41, 5.74) is 4.45. The Morgan fingerprint density at radius 1 is 1.44 bits per heavy atom. The van der Waals surface area contributed by atoms with Crippen molar-refractivity contribution >= 4 is 31.2 Å². The van der Waals surface area contributed by atoms with Crippen molar-refractivity contribution in [3.8, 4) is 0 Å². The molecule has 1 fully saturated rings. The highest BCUT2D eigenvalue weighted by molar-refractivity contribution is 7.80. The molecule has 0 amide bonds. The van der Waals surface area contributed by atoms with Crippen molar-refractivity contribution in [2.45, 2.75) is 35.9 Å². The van der Waals surface area contributed by atoms with E-state index in [2.05, 4.69) is 25.3 Å². The average molecular weight is 299 g/mol. The van der Waals surface area contributed by atoms with E-state index in [4.69, 9.17) is 20.3 Å². The molecule has 1 rings (SSSR count). The first-order valence-corrected chi connectivity index (χ1v) is 6.44. The van der Waals surface area contributed by atoms with Gasteiger partial charge in [-0.15, -0.1) is 12.6 Å². The maximum atomic E-state index is 11.5. The molecule has 0 spiro atoms. The van der Waals surface area contributed by atoms with E-state index in [0.29, 0.717) is 0 Å². The summed E-state index contributed by atoms with van der Waals surface area (Å²) in [4.78, 5) is 11.5. The van der Waals surface area contributed by atoms with Gasteiger partial charge in [-0.1, -0.05) is 0 Å². The van der Waals surface area contributed by atoms with Crippen molar-refractivity contribution in [2.24, 2.45) is 5.73 Å². The second-order valence-electron chi connectivity index (χ2n) is 3.92. The van der Waals surface area contributed by atoms with Crippen LogP contribution in [-0.2, 0) is 14.3 Å². The molecular weight excluding hydrogens is 282 g/mol. The van der Waals surface area contributed by atoms with Crippen LogP contribution in [0.1, 0.15) is 0 Å². The van der Waals surface area contributed by atoms with E-state index in [-0.39, 0.29) is 5.75 Å². The van der Waals surface area contributed by atoms with Gasteiger partial charge < -0.3 is 30.5 Å². The molecule has 1 heterocycles. The average Bonchev–Trinajstić information content (AvgIpc) is 2.37. The largest absolute Gasteiger partial charge is 0.455 e. The number of ether oxygens (including phenoxy) is 2. The SMILES string of the molecule is N[C@@H](CS)C(=O)O[C@@H]1[C@@H](O)[C@H](O)[C@@H](CO)O[C@H]1S. The van der Waals surface area contributed by atoms with Gasteiger partial charge in [0.1, 0.15) is 29.8 Å². The van der Waals surface area contributed by atoms with E-state index < -0.39 is 48.5 Å². The van der Waals surface area contributed by atoms with E-state index in [1.54, 1.807) is 0 Å². The molecule has 1 saturated heterocycles.